The van der Waals surface area contributed by atoms with Gasteiger partial charge in [0.15, 0.2) is 0 Å². The summed E-state index contributed by atoms with van der Waals surface area (Å²) >= 11 is 0. The Balaban J connectivity index is 2.16. The number of nitrogens with one attached hydrogen (secondary N) is 1. The average molecular weight is 249 g/mol. The molecule has 1 aromatic heterocycles. The molecule has 0 atom stereocenters. The molecule has 0 aliphatic rings. The van der Waals surface area contributed by atoms with Crippen LogP contribution in [0.25, 0.3) is 11.0 Å². The highest BCUT2D eigenvalue weighted by Crippen LogP contribution is 2.19. The van der Waals surface area contributed by atoms with Gasteiger partial charge in [0.05, 0.1) is 30.8 Å². The summed E-state index contributed by atoms with van der Waals surface area (Å²) in [6.45, 7) is 4.11. The highest BCUT2D eigenvalue weighted by molar-refractivity contribution is 5.76. The lowest BCUT2D eigenvalue weighted by atomic mass is 10.3. The summed E-state index contributed by atoms with van der Waals surface area (Å²) in [5.41, 5.74) is 1.92. The number of aromatic amines is 1. The van der Waals surface area contributed by atoms with Gasteiger partial charge < -0.3 is 14.8 Å². The molecule has 18 heavy (non-hydrogen) atoms. The molecule has 1 aromatic carbocycles. The lowest BCUT2D eigenvalue weighted by Crippen LogP contribution is -2.22. The second-order valence-electron chi connectivity index (χ2n) is 4.26. The van der Waals surface area contributed by atoms with Gasteiger partial charge in [0.25, 0.3) is 0 Å². The van der Waals surface area contributed by atoms with Gasteiger partial charge >= 0.3 is 0 Å². The zero-order chi connectivity index (χ0) is 13.0. The van der Waals surface area contributed by atoms with Crippen molar-refractivity contribution in [3.8, 4) is 5.75 Å². The summed E-state index contributed by atoms with van der Waals surface area (Å²) in [5.74, 6) is 1.75. The van der Waals surface area contributed by atoms with Crippen LogP contribution < -0.4 is 4.74 Å². The lowest BCUT2D eigenvalue weighted by Gasteiger charge is -2.12. The lowest BCUT2D eigenvalue weighted by molar-refractivity contribution is 0.215. The molecule has 0 saturated heterocycles. The van der Waals surface area contributed by atoms with Gasteiger partial charge in [-0.25, -0.2) is 4.98 Å². The number of rotatable bonds is 6. The summed E-state index contributed by atoms with van der Waals surface area (Å²) in [7, 11) is 1.95. The first-order valence-corrected chi connectivity index (χ1v) is 6.13. The third kappa shape index (κ3) is 3.00. The highest BCUT2D eigenvalue weighted by atomic mass is 16.5. The van der Waals surface area contributed by atoms with E-state index in [1.54, 1.807) is 0 Å². The minimum absolute atomic E-state index is 0.158. The predicted molar refractivity (Wildman–Crippen MR) is 70.7 cm³/mol. The summed E-state index contributed by atoms with van der Waals surface area (Å²) in [5, 5.41) is 8.86. The fourth-order valence-electron chi connectivity index (χ4n) is 1.88. The van der Waals surface area contributed by atoms with Crippen LogP contribution in [0.3, 0.4) is 0 Å². The quantitative estimate of drug-likeness (QED) is 0.812. The Kier molecular flexibility index (Phi) is 4.17. The molecule has 0 aliphatic carbocycles. The van der Waals surface area contributed by atoms with Crippen LogP contribution in [0.5, 0.6) is 5.75 Å². The number of aliphatic hydroxyl groups excluding tert-OH is 1. The number of imidazole rings is 1. The molecule has 2 N–H and O–H groups in total. The Bertz CT molecular complexity index is 510. The van der Waals surface area contributed by atoms with Crippen LogP contribution >= 0.6 is 0 Å². The second kappa shape index (κ2) is 5.84. The average Bonchev–Trinajstić information content (AvgIpc) is 2.71. The van der Waals surface area contributed by atoms with Gasteiger partial charge in [0.2, 0.25) is 0 Å². The molecular formula is C13H19N3O2. The van der Waals surface area contributed by atoms with E-state index in [0.717, 1.165) is 22.6 Å². The Morgan fingerprint density at radius 2 is 2.28 bits per heavy atom. The number of aliphatic hydroxyl groups is 1. The molecular weight excluding hydrogens is 230 g/mol. The molecule has 0 fully saturated rings. The maximum atomic E-state index is 8.86. The highest BCUT2D eigenvalue weighted by Gasteiger charge is 2.06. The number of nitrogens with zero attached hydrogens (tertiary/aromatic N) is 2. The minimum atomic E-state index is 0.158. The van der Waals surface area contributed by atoms with Crippen LogP contribution in [0.15, 0.2) is 18.2 Å². The van der Waals surface area contributed by atoms with Crippen molar-refractivity contribution in [1.29, 1.82) is 0 Å². The molecule has 98 valence electrons. The van der Waals surface area contributed by atoms with Crippen molar-refractivity contribution in [3.63, 3.8) is 0 Å². The largest absolute Gasteiger partial charge is 0.494 e. The molecule has 0 saturated carbocycles. The van der Waals surface area contributed by atoms with Crippen molar-refractivity contribution < 1.29 is 9.84 Å². The zero-order valence-electron chi connectivity index (χ0n) is 10.8. The van der Waals surface area contributed by atoms with Crippen LogP contribution in [0.1, 0.15) is 12.7 Å². The van der Waals surface area contributed by atoms with Crippen LogP contribution in [0.2, 0.25) is 0 Å². The Morgan fingerprint density at radius 1 is 1.44 bits per heavy atom. The first-order chi connectivity index (χ1) is 8.72. The molecule has 0 unspecified atom stereocenters. The van der Waals surface area contributed by atoms with Crippen LogP contribution in [-0.2, 0) is 6.54 Å². The Hall–Kier alpha value is -1.59. The molecule has 2 aromatic rings. The summed E-state index contributed by atoms with van der Waals surface area (Å²) in [6.07, 6.45) is 0. The minimum Gasteiger partial charge on any atom is -0.494 e. The molecule has 0 radical (unpaired) electrons. The van der Waals surface area contributed by atoms with Gasteiger partial charge in [-0.2, -0.15) is 0 Å². The molecule has 0 amide bonds. The molecule has 0 spiro atoms. The van der Waals surface area contributed by atoms with Crippen molar-refractivity contribution >= 4 is 11.0 Å². The number of benzene rings is 1. The summed E-state index contributed by atoms with van der Waals surface area (Å²) in [6, 6.07) is 5.83. The first kappa shape index (κ1) is 12.9. The number of hydrogen-bond donors (Lipinski definition) is 2. The number of ether oxygens (including phenoxy) is 1. The maximum Gasteiger partial charge on any atom is 0.121 e. The zero-order valence-corrected chi connectivity index (χ0v) is 10.8. The molecule has 1 heterocycles. The molecule has 0 aliphatic heterocycles. The van der Waals surface area contributed by atoms with Crippen molar-refractivity contribution in [1.82, 2.24) is 14.9 Å². The number of hydrogen-bond acceptors (Lipinski definition) is 4. The topological polar surface area (TPSA) is 61.4 Å². The normalized spacial score (nSPS) is 11.3. The Morgan fingerprint density at radius 3 is 3.00 bits per heavy atom. The van der Waals surface area contributed by atoms with Crippen LogP contribution in [0.4, 0.5) is 0 Å². The van der Waals surface area contributed by atoms with Gasteiger partial charge in [0.1, 0.15) is 11.6 Å². The third-order valence-corrected chi connectivity index (χ3v) is 2.71. The molecule has 0 bridgehead atoms. The van der Waals surface area contributed by atoms with E-state index < -0.39 is 0 Å². The van der Waals surface area contributed by atoms with E-state index in [2.05, 4.69) is 9.97 Å². The van der Waals surface area contributed by atoms with Gasteiger partial charge in [-0.15, -0.1) is 0 Å². The summed E-state index contributed by atoms with van der Waals surface area (Å²) in [4.78, 5) is 9.79. The fourth-order valence-corrected chi connectivity index (χ4v) is 1.88. The van der Waals surface area contributed by atoms with E-state index in [1.165, 1.54) is 0 Å². The van der Waals surface area contributed by atoms with E-state index in [0.29, 0.717) is 19.7 Å². The van der Waals surface area contributed by atoms with Gasteiger partial charge in [-0.1, -0.05) is 0 Å². The second-order valence-corrected chi connectivity index (χ2v) is 4.26. The first-order valence-electron chi connectivity index (χ1n) is 6.13. The molecule has 5 nitrogen and oxygen atoms in total. The maximum absolute atomic E-state index is 8.86. The number of likely N-dealkylation sites (N-methyl/N-ethyl adjacent to an activating group) is 1. The van der Waals surface area contributed by atoms with E-state index in [-0.39, 0.29) is 6.61 Å². The van der Waals surface area contributed by atoms with Gasteiger partial charge in [-0.05, 0) is 26.1 Å². The van der Waals surface area contributed by atoms with E-state index in [9.17, 15) is 0 Å². The number of fused-ring (bicyclic) bond motifs is 1. The van der Waals surface area contributed by atoms with Gasteiger partial charge in [-0.3, -0.25) is 4.90 Å². The van der Waals surface area contributed by atoms with Crippen LogP contribution in [0, 0.1) is 0 Å². The van der Waals surface area contributed by atoms with E-state index in [1.807, 2.05) is 37.1 Å². The van der Waals surface area contributed by atoms with Crippen molar-refractivity contribution in [2.75, 3.05) is 26.8 Å². The standard InChI is InChI=1S/C13H19N3O2/c1-3-18-10-4-5-11-12(8-10)15-13(14-11)9-16(2)6-7-17/h4-5,8,17H,3,6-7,9H2,1-2H3,(H,14,15). The Labute approximate surface area is 106 Å². The van der Waals surface area contributed by atoms with E-state index in [4.69, 9.17) is 9.84 Å². The monoisotopic (exact) mass is 249 g/mol. The fraction of sp³-hybridized carbons (Fsp3) is 0.462. The summed E-state index contributed by atoms with van der Waals surface area (Å²) < 4.78 is 5.45. The van der Waals surface area contributed by atoms with Crippen LogP contribution in [-0.4, -0.2) is 46.8 Å². The van der Waals surface area contributed by atoms with Gasteiger partial charge in [0, 0.05) is 12.6 Å². The third-order valence-electron chi connectivity index (χ3n) is 2.71. The van der Waals surface area contributed by atoms with Crippen molar-refractivity contribution in [3.05, 3.63) is 24.0 Å². The van der Waals surface area contributed by atoms with Crippen molar-refractivity contribution in [2.24, 2.45) is 0 Å². The van der Waals surface area contributed by atoms with Crippen molar-refractivity contribution in [2.45, 2.75) is 13.5 Å². The molecule has 5 heteroatoms. The number of aromatic nitrogens is 2. The SMILES string of the molecule is CCOc1ccc2nc(CN(C)CCO)[nH]c2c1. The smallest absolute Gasteiger partial charge is 0.121 e. The number of H-pyrrole nitrogens is 1. The predicted octanol–water partition coefficient (Wildman–Crippen LogP) is 1.39. The molecule has 2 rings (SSSR count). The van der Waals surface area contributed by atoms with E-state index >= 15 is 0 Å².